The molecule has 0 unspecified atom stereocenters. The van der Waals surface area contributed by atoms with Gasteiger partial charge in [0.25, 0.3) is 0 Å². The Balaban J connectivity index is 1.39. The van der Waals surface area contributed by atoms with E-state index in [2.05, 4.69) is 41.3 Å². The lowest BCUT2D eigenvalue weighted by atomic mass is 9.94. The second kappa shape index (κ2) is 14.7. The van der Waals surface area contributed by atoms with E-state index in [1.165, 1.54) is 0 Å². The van der Waals surface area contributed by atoms with Gasteiger partial charge in [-0.15, -0.1) is 0 Å². The fourth-order valence-electron chi connectivity index (χ4n) is 5.27. The zero-order valence-corrected chi connectivity index (χ0v) is 22.6. The third kappa shape index (κ3) is 7.74. The molecule has 0 radical (unpaired) electrons. The molecule has 7 nitrogen and oxygen atoms in total. The van der Waals surface area contributed by atoms with E-state index in [1.807, 2.05) is 54.6 Å². The van der Waals surface area contributed by atoms with Gasteiger partial charge in [-0.25, -0.2) is 0 Å². The van der Waals surface area contributed by atoms with E-state index in [0.29, 0.717) is 39.6 Å². The lowest BCUT2D eigenvalue weighted by Crippen LogP contribution is -2.67. The quantitative estimate of drug-likeness (QED) is 0.341. The highest BCUT2D eigenvalue weighted by Gasteiger charge is 2.50. The highest BCUT2D eigenvalue weighted by atomic mass is 16.7. The van der Waals surface area contributed by atoms with Crippen LogP contribution in [0.1, 0.15) is 16.7 Å². The molecule has 2 fully saturated rings. The number of methoxy groups -OCH3 is 1. The topological polar surface area (TPSA) is 58.6 Å². The molecule has 0 amide bonds. The van der Waals surface area contributed by atoms with Crippen LogP contribution in [0.25, 0.3) is 0 Å². The lowest BCUT2D eigenvalue weighted by Gasteiger charge is -2.50. The van der Waals surface area contributed by atoms with Crippen LogP contribution in [-0.4, -0.2) is 75.6 Å². The standard InChI is InChI=1S/C32H39NO6/c1-34-32-29(33-17-19-35-20-18-33)31(38-23-27-15-9-4-10-16-27)30(37-22-26-13-7-3-8-14-26)28(39-32)24-36-21-25-11-5-2-6-12-25/h2-16,28-32H,17-24H2,1H3/t28-,29+,30+,31-,32-/m1/s1. The van der Waals surface area contributed by atoms with E-state index >= 15 is 0 Å². The Morgan fingerprint density at radius 3 is 1.74 bits per heavy atom. The summed E-state index contributed by atoms with van der Waals surface area (Å²) in [7, 11) is 1.69. The number of rotatable bonds is 12. The maximum absolute atomic E-state index is 6.74. The molecule has 2 heterocycles. The van der Waals surface area contributed by atoms with E-state index in [9.17, 15) is 0 Å². The van der Waals surface area contributed by atoms with Crippen LogP contribution in [-0.2, 0) is 48.2 Å². The molecular formula is C32H39NO6. The number of ether oxygens (including phenoxy) is 6. The Labute approximate surface area is 231 Å². The van der Waals surface area contributed by atoms with Gasteiger partial charge in [0.2, 0.25) is 0 Å². The molecule has 0 N–H and O–H groups in total. The summed E-state index contributed by atoms with van der Waals surface area (Å²) in [6, 6.07) is 30.4. The first-order chi connectivity index (χ1) is 19.3. The SMILES string of the molecule is CO[C@@H]1O[C@H](COCc2ccccc2)[C@H](OCc2ccccc2)[C@H](OCc2ccccc2)[C@@H]1N1CCOCC1. The van der Waals surface area contributed by atoms with Crippen LogP contribution in [0.3, 0.4) is 0 Å². The number of nitrogens with zero attached hydrogens (tertiary/aromatic N) is 1. The van der Waals surface area contributed by atoms with Gasteiger partial charge in [0.15, 0.2) is 6.29 Å². The summed E-state index contributed by atoms with van der Waals surface area (Å²) in [5, 5.41) is 0. The first kappa shape index (κ1) is 27.9. The summed E-state index contributed by atoms with van der Waals surface area (Å²) in [6.45, 7) is 4.64. The van der Waals surface area contributed by atoms with Gasteiger partial charge in [-0.1, -0.05) is 91.0 Å². The molecule has 2 aliphatic heterocycles. The molecule has 0 saturated carbocycles. The second-order valence-electron chi connectivity index (χ2n) is 9.94. The monoisotopic (exact) mass is 533 g/mol. The molecule has 208 valence electrons. The smallest absolute Gasteiger partial charge is 0.175 e. The molecule has 39 heavy (non-hydrogen) atoms. The highest BCUT2D eigenvalue weighted by molar-refractivity contribution is 5.15. The van der Waals surface area contributed by atoms with Crippen LogP contribution < -0.4 is 0 Å². The minimum atomic E-state index is -0.495. The molecule has 0 bridgehead atoms. The minimum Gasteiger partial charge on any atom is -0.379 e. The Kier molecular flexibility index (Phi) is 10.5. The number of hydrogen-bond donors (Lipinski definition) is 0. The Morgan fingerprint density at radius 1 is 0.692 bits per heavy atom. The van der Waals surface area contributed by atoms with Gasteiger partial charge in [-0.05, 0) is 16.7 Å². The fourth-order valence-corrected chi connectivity index (χ4v) is 5.27. The van der Waals surface area contributed by atoms with Crippen molar-refractivity contribution in [2.24, 2.45) is 0 Å². The van der Waals surface area contributed by atoms with Gasteiger partial charge in [-0.2, -0.15) is 0 Å². The van der Waals surface area contributed by atoms with Crippen molar-refractivity contribution >= 4 is 0 Å². The zero-order valence-electron chi connectivity index (χ0n) is 22.6. The maximum atomic E-state index is 6.74. The molecule has 2 aliphatic rings. The summed E-state index contributed by atoms with van der Waals surface area (Å²) in [5.41, 5.74) is 3.32. The van der Waals surface area contributed by atoms with Crippen LogP contribution in [0.2, 0.25) is 0 Å². The van der Waals surface area contributed by atoms with Crippen molar-refractivity contribution in [1.82, 2.24) is 4.90 Å². The van der Waals surface area contributed by atoms with E-state index in [1.54, 1.807) is 7.11 Å². The van der Waals surface area contributed by atoms with Gasteiger partial charge >= 0.3 is 0 Å². The highest BCUT2D eigenvalue weighted by Crippen LogP contribution is 2.32. The Bertz CT molecular complexity index is 1080. The van der Waals surface area contributed by atoms with Gasteiger partial charge in [0.1, 0.15) is 18.3 Å². The summed E-state index contributed by atoms with van der Waals surface area (Å²) in [6.07, 6.45) is -1.55. The summed E-state index contributed by atoms with van der Waals surface area (Å²) < 4.78 is 37.8. The molecule has 3 aromatic carbocycles. The van der Waals surface area contributed by atoms with Crippen LogP contribution in [0.5, 0.6) is 0 Å². The van der Waals surface area contributed by atoms with Crippen LogP contribution in [0.15, 0.2) is 91.0 Å². The van der Waals surface area contributed by atoms with Gasteiger partial charge < -0.3 is 28.4 Å². The fraction of sp³-hybridized carbons (Fsp3) is 0.438. The first-order valence-electron chi connectivity index (χ1n) is 13.7. The molecule has 2 saturated heterocycles. The second-order valence-corrected chi connectivity index (χ2v) is 9.94. The largest absolute Gasteiger partial charge is 0.379 e. The van der Waals surface area contributed by atoms with E-state index < -0.39 is 6.29 Å². The van der Waals surface area contributed by atoms with Crippen molar-refractivity contribution in [3.63, 3.8) is 0 Å². The van der Waals surface area contributed by atoms with Crippen LogP contribution in [0.4, 0.5) is 0 Å². The molecule has 5 atom stereocenters. The van der Waals surface area contributed by atoms with Crippen molar-refractivity contribution in [2.45, 2.75) is 50.5 Å². The molecular weight excluding hydrogens is 494 g/mol. The average Bonchev–Trinajstić information content (AvgIpc) is 3.01. The summed E-state index contributed by atoms with van der Waals surface area (Å²) in [4.78, 5) is 2.35. The average molecular weight is 534 g/mol. The van der Waals surface area contributed by atoms with Gasteiger partial charge in [0.05, 0.1) is 45.7 Å². The van der Waals surface area contributed by atoms with Crippen molar-refractivity contribution in [1.29, 1.82) is 0 Å². The van der Waals surface area contributed by atoms with Crippen molar-refractivity contribution in [3.8, 4) is 0 Å². The van der Waals surface area contributed by atoms with E-state index in [-0.39, 0.29) is 24.4 Å². The van der Waals surface area contributed by atoms with E-state index in [4.69, 9.17) is 28.4 Å². The lowest BCUT2D eigenvalue weighted by molar-refractivity contribution is -0.303. The molecule has 0 aromatic heterocycles. The van der Waals surface area contributed by atoms with Crippen molar-refractivity contribution < 1.29 is 28.4 Å². The molecule has 7 heteroatoms. The molecule has 0 aliphatic carbocycles. The van der Waals surface area contributed by atoms with Gasteiger partial charge in [0, 0.05) is 20.2 Å². The predicted molar refractivity (Wildman–Crippen MR) is 148 cm³/mol. The normalized spacial score (nSPS) is 25.9. The number of hydrogen-bond acceptors (Lipinski definition) is 7. The summed E-state index contributed by atoms with van der Waals surface area (Å²) >= 11 is 0. The van der Waals surface area contributed by atoms with Crippen LogP contribution in [0, 0.1) is 0 Å². The summed E-state index contributed by atoms with van der Waals surface area (Å²) in [5.74, 6) is 0. The third-order valence-electron chi connectivity index (χ3n) is 7.28. The van der Waals surface area contributed by atoms with Crippen LogP contribution >= 0.6 is 0 Å². The maximum Gasteiger partial charge on any atom is 0.175 e. The Morgan fingerprint density at radius 2 is 1.21 bits per heavy atom. The number of morpholine rings is 1. The molecule has 0 spiro atoms. The van der Waals surface area contributed by atoms with Crippen molar-refractivity contribution in [3.05, 3.63) is 108 Å². The zero-order chi connectivity index (χ0) is 26.7. The Hall–Kier alpha value is -2.62. The van der Waals surface area contributed by atoms with Crippen molar-refractivity contribution in [2.75, 3.05) is 40.0 Å². The molecule has 3 aromatic rings. The number of benzene rings is 3. The third-order valence-corrected chi connectivity index (χ3v) is 7.28. The van der Waals surface area contributed by atoms with Gasteiger partial charge in [-0.3, -0.25) is 4.90 Å². The predicted octanol–water partition coefficient (Wildman–Crippen LogP) is 4.45. The van der Waals surface area contributed by atoms with E-state index in [0.717, 1.165) is 29.8 Å². The minimum absolute atomic E-state index is 0.159. The first-order valence-corrected chi connectivity index (χ1v) is 13.7. The molecule has 5 rings (SSSR count).